The van der Waals surface area contributed by atoms with Crippen LogP contribution in [0.1, 0.15) is 18.4 Å². The van der Waals surface area contributed by atoms with Crippen LogP contribution in [0.2, 0.25) is 0 Å². The van der Waals surface area contributed by atoms with Gasteiger partial charge in [0.15, 0.2) is 0 Å². The number of nitrogens with zero attached hydrogens (tertiary/aromatic N) is 2. The molecule has 0 saturated heterocycles. The van der Waals surface area contributed by atoms with E-state index in [9.17, 15) is 4.79 Å². The number of carbonyl (C=O) groups excluding carboxylic acids is 1. The van der Waals surface area contributed by atoms with Gasteiger partial charge >= 0.3 is 0 Å². The van der Waals surface area contributed by atoms with Crippen LogP contribution < -0.4 is 10.1 Å². The molecule has 5 heteroatoms. The second-order valence-electron chi connectivity index (χ2n) is 5.34. The van der Waals surface area contributed by atoms with E-state index in [1.165, 1.54) is 0 Å². The predicted octanol–water partition coefficient (Wildman–Crippen LogP) is 3.44. The lowest BCUT2D eigenvalue weighted by Crippen LogP contribution is -2.14. The lowest BCUT2D eigenvalue weighted by atomic mass is 10.2. The second-order valence-corrected chi connectivity index (χ2v) is 5.34. The number of rotatable bonds is 6. The summed E-state index contributed by atoms with van der Waals surface area (Å²) in [7, 11) is 0. The molecule has 5 nitrogen and oxygen atoms in total. The Bertz CT molecular complexity index is 811. The van der Waals surface area contributed by atoms with Gasteiger partial charge in [-0.15, -0.1) is 0 Å². The number of hydrogen-bond donors (Lipinski definition) is 1. The molecule has 0 radical (unpaired) electrons. The van der Waals surface area contributed by atoms with Gasteiger partial charge < -0.3 is 4.74 Å². The van der Waals surface area contributed by atoms with E-state index in [0.29, 0.717) is 25.4 Å². The maximum atomic E-state index is 12.0. The minimum atomic E-state index is -0.0604. The van der Waals surface area contributed by atoms with E-state index in [1.54, 1.807) is 6.20 Å². The first-order chi connectivity index (χ1) is 11.2. The Balaban J connectivity index is 1.48. The Morgan fingerprint density at radius 1 is 1.22 bits per heavy atom. The summed E-state index contributed by atoms with van der Waals surface area (Å²) in [4.78, 5) is 16.2. The van der Waals surface area contributed by atoms with Gasteiger partial charge in [-0.25, -0.2) is 4.98 Å². The zero-order chi connectivity index (χ0) is 16.1. The van der Waals surface area contributed by atoms with Gasteiger partial charge in [0.25, 0.3) is 0 Å². The van der Waals surface area contributed by atoms with Crippen molar-refractivity contribution in [3.8, 4) is 5.75 Å². The number of amides is 1. The van der Waals surface area contributed by atoms with Gasteiger partial charge in [-0.1, -0.05) is 24.3 Å². The summed E-state index contributed by atoms with van der Waals surface area (Å²) in [6, 6.07) is 13.6. The summed E-state index contributed by atoms with van der Waals surface area (Å²) < 4.78 is 7.54. The Labute approximate surface area is 134 Å². The van der Waals surface area contributed by atoms with Crippen LogP contribution in [-0.2, 0) is 4.79 Å². The molecule has 0 fully saturated rings. The van der Waals surface area contributed by atoms with Gasteiger partial charge in [0.1, 0.15) is 5.75 Å². The van der Waals surface area contributed by atoms with Crippen molar-refractivity contribution in [1.29, 1.82) is 0 Å². The fraction of sp³-hybridized carbons (Fsp3) is 0.222. The second kappa shape index (κ2) is 6.96. The van der Waals surface area contributed by atoms with Crippen molar-refractivity contribution in [2.75, 3.05) is 11.9 Å². The number of ether oxygens (including phenoxy) is 1. The van der Waals surface area contributed by atoms with Crippen molar-refractivity contribution in [1.82, 2.24) is 9.38 Å². The smallest absolute Gasteiger partial charge is 0.226 e. The summed E-state index contributed by atoms with van der Waals surface area (Å²) in [5.74, 6) is 1.35. The molecule has 0 bridgehead atoms. The van der Waals surface area contributed by atoms with Crippen LogP contribution in [0.4, 0.5) is 5.95 Å². The van der Waals surface area contributed by atoms with Crippen molar-refractivity contribution in [3.63, 3.8) is 0 Å². The minimum Gasteiger partial charge on any atom is -0.493 e. The van der Waals surface area contributed by atoms with E-state index < -0.39 is 0 Å². The highest BCUT2D eigenvalue weighted by atomic mass is 16.5. The molecule has 0 aliphatic rings. The molecular formula is C18H19N3O2. The summed E-state index contributed by atoms with van der Waals surface area (Å²) in [6.45, 7) is 2.52. The Kier molecular flexibility index (Phi) is 4.57. The number of aryl methyl sites for hydroxylation is 1. The lowest BCUT2D eigenvalue weighted by molar-refractivity contribution is -0.116. The molecule has 1 amide bonds. The summed E-state index contributed by atoms with van der Waals surface area (Å²) in [5, 5.41) is 2.83. The highest BCUT2D eigenvalue weighted by Gasteiger charge is 2.07. The van der Waals surface area contributed by atoms with E-state index in [2.05, 4.69) is 10.3 Å². The van der Waals surface area contributed by atoms with Crippen molar-refractivity contribution in [2.45, 2.75) is 19.8 Å². The Hall–Kier alpha value is -2.82. The van der Waals surface area contributed by atoms with Gasteiger partial charge in [-0.05, 0) is 37.1 Å². The molecule has 0 saturated carbocycles. The number of para-hydroxylation sites is 1. The largest absolute Gasteiger partial charge is 0.493 e. The first-order valence-corrected chi connectivity index (χ1v) is 7.64. The average Bonchev–Trinajstić information content (AvgIpc) is 2.96. The molecule has 1 N–H and O–H groups in total. The van der Waals surface area contributed by atoms with Crippen molar-refractivity contribution in [2.24, 2.45) is 0 Å². The molecule has 118 valence electrons. The number of benzene rings is 1. The SMILES string of the molecule is Cc1ccccc1OCCCC(=O)Nc1ncc2ccccn12. The number of nitrogens with one attached hydrogen (secondary N) is 1. The molecule has 3 aromatic rings. The number of hydrogen-bond acceptors (Lipinski definition) is 3. The standard InChI is InChI=1S/C18H19N3O2/c1-14-7-2-3-9-16(14)23-12-6-10-17(22)20-18-19-13-15-8-4-5-11-21(15)18/h2-5,7-9,11,13H,6,10,12H2,1H3,(H,19,20,22). The van der Waals surface area contributed by atoms with Gasteiger partial charge in [-0.2, -0.15) is 0 Å². The zero-order valence-corrected chi connectivity index (χ0v) is 13.0. The van der Waals surface area contributed by atoms with Gasteiger partial charge in [0.2, 0.25) is 11.9 Å². The first-order valence-electron chi connectivity index (χ1n) is 7.64. The van der Waals surface area contributed by atoms with Crippen molar-refractivity contribution in [3.05, 3.63) is 60.4 Å². The van der Waals surface area contributed by atoms with Crippen LogP contribution in [-0.4, -0.2) is 21.9 Å². The summed E-state index contributed by atoms with van der Waals surface area (Å²) in [6.07, 6.45) is 4.66. The average molecular weight is 309 g/mol. The minimum absolute atomic E-state index is 0.0604. The number of aromatic nitrogens is 2. The lowest BCUT2D eigenvalue weighted by Gasteiger charge is -2.08. The Morgan fingerprint density at radius 3 is 2.91 bits per heavy atom. The normalized spacial score (nSPS) is 10.7. The van der Waals surface area contributed by atoms with Crippen molar-refractivity contribution >= 4 is 17.4 Å². The third-order valence-corrected chi connectivity index (χ3v) is 3.59. The van der Waals surface area contributed by atoms with Crippen molar-refractivity contribution < 1.29 is 9.53 Å². The van der Waals surface area contributed by atoms with Gasteiger partial charge in [-0.3, -0.25) is 14.5 Å². The molecule has 1 aromatic carbocycles. The van der Waals surface area contributed by atoms with E-state index in [4.69, 9.17) is 4.74 Å². The summed E-state index contributed by atoms with van der Waals surface area (Å²) in [5.41, 5.74) is 2.05. The molecule has 2 heterocycles. The third-order valence-electron chi connectivity index (χ3n) is 3.59. The fourth-order valence-corrected chi connectivity index (χ4v) is 2.36. The van der Waals surface area contributed by atoms with E-state index in [0.717, 1.165) is 16.8 Å². The topological polar surface area (TPSA) is 55.6 Å². The van der Waals surface area contributed by atoms with Crippen LogP contribution in [0.5, 0.6) is 5.75 Å². The predicted molar refractivity (Wildman–Crippen MR) is 89.7 cm³/mol. The Morgan fingerprint density at radius 2 is 2.04 bits per heavy atom. The molecule has 23 heavy (non-hydrogen) atoms. The van der Waals surface area contributed by atoms with Crippen LogP contribution >= 0.6 is 0 Å². The monoisotopic (exact) mass is 309 g/mol. The summed E-state index contributed by atoms with van der Waals surface area (Å²) >= 11 is 0. The highest BCUT2D eigenvalue weighted by Crippen LogP contribution is 2.16. The van der Waals surface area contributed by atoms with Gasteiger partial charge in [0.05, 0.1) is 18.3 Å². The molecule has 2 aromatic heterocycles. The molecule has 0 unspecified atom stereocenters. The molecular weight excluding hydrogens is 290 g/mol. The molecule has 0 aliphatic heterocycles. The van der Waals surface area contributed by atoms with Crippen LogP contribution in [0.25, 0.3) is 5.52 Å². The fourth-order valence-electron chi connectivity index (χ4n) is 2.36. The van der Waals surface area contributed by atoms with Crippen LogP contribution in [0.15, 0.2) is 54.9 Å². The van der Waals surface area contributed by atoms with Gasteiger partial charge in [0, 0.05) is 12.6 Å². The van der Waals surface area contributed by atoms with Crippen LogP contribution in [0, 0.1) is 6.92 Å². The number of fused-ring (bicyclic) bond motifs is 1. The maximum absolute atomic E-state index is 12.0. The van der Waals surface area contributed by atoms with E-state index in [-0.39, 0.29) is 5.91 Å². The maximum Gasteiger partial charge on any atom is 0.226 e. The number of carbonyl (C=O) groups is 1. The molecule has 0 atom stereocenters. The number of anilines is 1. The van der Waals surface area contributed by atoms with E-state index in [1.807, 2.05) is 60.0 Å². The first kappa shape index (κ1) is 15.1. The van der Waals surface area contributed by atoms with Crippen LogP contribution in [0.3, 0.4) is 0 Å². The molecule has 0 aliphatic carbocycles. The number of imidazole rings is 1. The molecule has 0 spiro atoms. The quantitative estimate of drug-likeness (QED) is 0.710. The highest BCUT2D eigenvalue weighted by molar-refractivity contribution is 5.89. The number of pyridine rings is 1. The van der Waals surface area contributed by atoms with E-state index >= 15 is 0 Å². The molecule has 3 rings (SSSR count). The third kappa shape index (κ3) is 3.69. The zero-order valence-electron chi connectivity index (χ0n) is 13.0.